The zero-order valence-electron chi connectivity index (χ0n) is 34.7. The number of unbranched alkanes of at least 4 members (excludes halogenated alkanes) is 23. The van der Waals surface area contributed by atoms with Gasteiger partial charge in [0.15, 0.2) is 6.10 Å². The largest absolute Gasteiger partial charge is 0.462 e. The van der Waals surface area contributed by atoms with Crippen molar-refractivity contribution in [2.24, 2.45) is 11.8 Å². The first-order chi connectivity index (χ1) is 24.8. The maximum atomic E-state index is 12.7. The summed E-state index contributed by atoms with van der Waals surface area (Å²) in [5.41, 5.74) is 0. The van der Waals surface area contributed by atoms with E-state index in [0.717, 1.165) is 69.6 Å². The van der Waals surface area contributed by atoms with E-state index in [4.69, 9.17) is 14.2 Å². The molecule has 1 unspecified atom stereocenters. The van der Waals surface area contributed by atoms with Crippen LogP contribution in [-0.4, -0.2) is 37.2 Å². The van der Waals surface area contributed by atoms with Gasteiger partial charge in [0.25, 0.3) is 0 Å². The number of rotatable bonds is 39. The lowest BCUT2D eigenvalue weighted by molar-refractivity contribution is -0.167. The molecule has 6 nitrogen and oxygen atoms in total. The maximum absolute atomic E-state index is 12.7. The fraction of sp³-hybridized carbons (Fsp3) is 0.933. The Morgan fingerprint density at radius 3 is 1.12 bits per heavy atom. The van der Waals surface area contributed by atoms with Crippen molar-refractivity contribution in [3.8, 4) is 0 Å². The van der Waals surface area contributed by atoms with Gasteiger partial charge in [-0.25, -0.2) is 0 Å². The Hall–Kier alpha value is -1.59. The van der Waals surface area contributed by atoms with Gasteiger partial charge in [-0.2, -0.15) is 0 Å². The maximum Gasteiger partial charge on any atom is 0.306 e. The highest BCUT2D eigenvalue weighted by Crippen LogP contribution is 2.17. The van der Waals surface area contributed by atoms with E-state index in [0.29, 0.717) is 19.3 Å². The van der Waals surface area contributed by atoms with E-state index in [1.54, 1.807) is 0 Å². The van der Waals surface area contributed by atoms with Gasteiger partial charge in [0.1, 0.15) is 13.2 Å². The molecule has 0 aliphatic carbocycles. The van der Waals surface area contributed by atoms with Gasteiger partial charge in [0.2, 0.25) is 0 Å². The average molecular weight is 723 g/mol. The first-order valence-corrected chi connectivity index (χ1v) is 22.3. The average Bonchev–Trinajstić information content (AvgIpc) is 3.11. The summed E-state index contributed by atoms with van der Waals surface area (Å²) < 4.78 is 16.7. The molecule has 0 aromatic rings. The van der Waals surface area contributed by atoms with Gasteiger partial charge in [-0.05, 0) is 31.1 Å². The topological polar surface area (TPSA) is 78.9 Å². The molecular weight excluding hydrogens is 636 g/mol. The lowest BCUT2D eigenvalue weighted by Crippen LogP contribution is -2.30. The highest BCUT2D eigenvalue weighted by atomic mass is 16.6. The Balaban J connectivity index is 4.36. The molecular formula is C45H86O6. The predicted octanol–water partition coefficient (Wildman–Crippen LogP) is 13.8. The Kier molecular flexibility index (Phi) is 37.0. The van der Waals surface area contributed by atoms with Crippen LogP contribution >= 0.6 is 0 Å². The lowest BCUT2D eigenvalue weighted by Gasteiger charge is -2.18. The summed E-state index contributed by atoms with van der Waals surface area (Å²) in [6.07, 6.45) is 35.2. The number of carbonyl (C=O) groups excluding carboxylic acids is 3. The number of hydrogen-bond acceptors (Lipinski definition) is 6. The van der Waals surface area contributed by atoms with Crippen LogP contribution in [0.3, 0.4) is 0 Å². The highest BCUT2D eigenvalue weighted by molar-refractivity contribution is 5.71. The lowest BCUT2D eigenvalue weighted by atomic mass is 10.00. The van der Waals surface area contributed by atoms with Gasteiger partial charge in [0, 0.05) is 19.3 Å². The second-order valence-electron chi connectivity index (χ2n) is 16.1. The minimum atomic E-state index is -0.760. The minimum absolute atomic E-state index is 0.0661. The van der Waals surface area contributed by atoms with Crippen LogP contribution in [0.5, 0.6) is 0 Å². The normalized spacial score (nSPS) is 12.6. The van der Waals surface area contributed by atoms with Crippen molar-refractivity contribution in [1.82, 2.24) is 0 Å². The Bertz CT molecular complexity index is 781. The van der Waals surface area contributed by atoms with Crippen LogP contribution in [0.25, 0.3) is 0 Å². The Morgan fingerprint density at radius 1 is 0.412 bits per heavy atom. The monoisotopic (exact) mass is 723 g/mol. The van der Waals surface area contributed by atoms with Gasteiger partial charge < -0.3 is 14.2 Å². The molecule has 0 saturated carbocycles. The van der Waals surface area contributed by atoms with E-state index in [1.807, 2.05) is 0 Å². The minimum Gasteiger partial charge on any atom is -0.462 e. The standard InChI is InChI=1S/C45H86O6/c1-6-8-9-10-11-12-13-14-15-20-27-32-37-45(48)51-42(39-50-44(47)36-31-26-22-21-24-29-34-41(5)7-2)38-49-43(46)35-30-25-19-17-16-18-23-28-33-40(3)4/h40-42H,6-39H2,1-5H3/t41?,42-/m1/s1. The van der Waals surface area contributed by atoms with Crippen molar-refractivity contribution < 1.29 is 28.6 Å². The third-order valence-electron chi connectivity index (χ3n) is 10.3. The summed E-state index contributed by atoms with van der Waals surface area (Å²) >= 11 is 0. The molecule has 0 N–H and O–H groups in total. The summed E-state index contributed by atoms with van der Waals surface area (Å²) in [6, 6.07) is 0. The van der Waals surface area contributed by atoms with E-state index in [1.165, 1.54) is 128 Å². The summed E-state index contributed by atoms with van der Waals surface area (Å²) in [7, 11) is 0. The molecule has 0 aromatic carbocycles. The van der Waals surface area contributed by atoms with Crippen molar-refractivity contribution in [2.75, 3.05) is 13.2 Å². The van der Waals surface area contributed by atoms with E-state index >= 15 is 0 Å². The van der Waals surface area contributed by atoms with Crippen LogP contribution in [0, 0.1) is 11.8 Å². The third-order valence-corrected chi connectivity index (χ3v) is 10.3. The van der Waals surface area contributed by atoms with Gasteiger partial charge in [-0.15, -0.1) is 0 Å². The second-order valence-corrected chi connectivity index (χ2v) is 16.1. The smallest absolute Gasteiger partial charge is 0.306 e. The van der Waals surface area contributed by atoms with Crippen LogP contribution in [0.1, 0.15) is 240 Å². The second kappa shape index (κ2) is 38.1. The number of hydrogen-bond donors (Lipinski definition) is 0. The van der Waals surface area contributed by atoms with Gasteiger partial charge in [-0.1, -0.05) is 202 Å². The van der Waals surface area contributed by atoms with Gasteiger partial charge in [-0.3, -0.25) is 14.4 Å². The number of carbonyl (C=O) groups is 3. The van der Waals surface area contributed by atoms with Crippen molar-refractivity contribution >= 4 is 17.9 Å². The first kappa shape index (κ1) is 49.4. The molecule has 0 saturated heterocycles. The van der Waals surface area contributed by atoms with E-state index in [-0.39, 0.29) is 31.1 Å². The van der Waals surface area contributed by atoms with Crippen LogP contribution in [0.15, 0.2) is 0 Å². The molecule has 0 rings (SSSR count). The van der Waals surface area contributed by atoms with Crippen LogP contribution in [-0.2, 0) is 28.6 Å². The molecule has 0 bridgehead atoms. The number of ether oxygens (including phenoxy) is 3. The predicted molar refractivity (Wildman–Crippen MR) is 215 cm³/mol. The van der Waals surface area contributed by atoms with Crippen LogP contribution < -0.4 is 0 Å². The first-order valence-electron chi connectivity index (χ1n) is 22.3. The summed E-state index contributed by atoms with van der Waals surface area (Å²) in [5.74, 6) is 0.748. The fourth-order valence-corrected chi connectivity index (χ4v) is 6.54. The molecule has 302 valence electrons. The van der Waals surface area contributed by atoms with E-state index in [9.17, 15) is 14.4 Å². The summed E-state index contributed by atoms with van der Waals surface area (Å²) in [6.45, 7) is 11.3. The Morgan fingerprint density at radius 2 is 0.745 bits per heavy atom. The highest BCUT2D eigenvalue weighted by Gasteiger charge is 2.19. The SMILES string of the molecule is CCCCCCCCCCCCCCC(=O)O[C@H](COC(=O)CCCCCCCCCCC(C)C)COC(=O)CCCCCCCCC(C)CC. The molecule has 0 amide bonds. The molecule has 6 heteroatoms. The van der Waals surface area contributed by atoms with Crippen molar-refractivity contribution in [2.45, 2.75) is 246 Å². The van der Waals surface area contributed by atoms with Crippen LogP contribution in [0.4, 0.5) is 0 Å². The molecule has 0 aliphatic rings. The van der Waals surface area contributed by atoms with Crippen molar-refractivity contribution in [3.63, 3.8) is 0 Å². The zero-order valence-corrected chi connectivity index (χ0v) is 34.7. The summed E-state index contributed by atoms with van der Waals surface area (Å²) in [4.78, 5) is 37.6. The van der Waals surface area contributed by atoms with Crippen LogP contribution in [0.2, 0.25) is 0 Å². The van der Waals surface area contributed by atoms with Gasteiger partial charge in [0.05, 0.1) is 0 Å². The molecule has 0 aromatic heterocycles. The zero-order chi connectivity index (χ0) is 37.6. The third kappa shape index (κ3) is 38.0. The quantitative estimate of drug-likeness (QED) is 0.0357. The molecule has 0 fully saturated rings. The molecule has 0 radical (unpaired) electrons. The Labute approximate surface area is 317 Å². The molecule has 2 atom stereocenters. The van der Waals surface area contributed by atoms with Crippen molar-refractivity contribution in [1.29, 1.82) is 0 Å². The molecule has 51 heavy (non-hydrogen) atoms. The van der Waals surface area contributed by atoms with E-state index in [2.05, 4.69) is 34.6 Å². The molecule has 0 spiro atoms. The van der Waals surface area contributed by atoms with Gasteiger partial charge >= 0.3 is 17.9 Å². The molecule has 0 heterocycles. The van der Waals surface area contributed by atoms with E-state index < -0.39 is 6.10 Å². The van der Waals surface area contributed by atoms with Crippen molar-refractivity contribution in [3.05, 3.63) is 0 Å². The number of esters is 3. The molecule has 0 aliphatic heterocycles. The summed E-state index contributed by atoms with van der Waals surface area (Å²) in [5, 5.41) is 0. The fourth-order valence-electron chi connectivity index (χ4n) is 6.54.